The van der Waals surface area contributed by atoms with Gasteiger partial charge in [-0.2, -0.15) is 0 Å². The molecule has 0 saturated carbocycles. The summed E-state index contributed by atoms with van der Waals surface area (Å²) in [5, 5.41) is 4.70. The van der Waals surface area contributed by atoms with Gasteiger partial charge < -0.3 is 4.84 Å². The van der Waals surface area contributed by atoms with E-state index in [2.05, 4.69) is 0 Å². The predicted octanol–water partition coefficient (Wildman–Crippen LogP) is 1.69. The third-order valence-electron chi connectivity index (χ3n) is 3.48. The van der Waals surface area contributed by atoms with Crippen LogP contribution in [0.4, 0.5) is 4.39 Å². The molecule has 1 fully saturated rings. The number of fused-ring (bicyclic) bond motifs is 1. The molecule has 1 atom stereocenters. The molecule has 2 aliphatic rings. The zero-order chi connectivity index (χ0) is 13.6. The number of halogens is 1. The zero-order valence-electron chi connectivity index (χ0n) is 10.4. The normalized spacial score (nSPS) is 27.6. The first-order valence-corrected chi connectivity index (χ1v) is 7.05. The number of hydrogen-bond acceptors (Lipinski definition) is 5. The van der Waals surface area contributed by atoms with Crippen LogP contribution < -0.4 is 4.84 Å². The van der Waals surface area contributed by atoms with Gasteiger partial charge in [0.25, 0.3) is 11.7 Å². The standard InChI is InChI=1S/C12H13FN2O3S/c1-2-14-10(16)3-4-12(13,11(14)17)15-5-8-6-19-7-9(8)18-15/h6-7H,2-5H2,1H3/t12-/m0/s1. The number of piperidine rings is 1. The second kappa shape index (κ2) is 4.28. The molecule has 0 unspecified atom stereocenters. The van der Waals surface area contributed by atoms with Gasteiger partial charge in [0.2, 0.25) is 5.91 Å². The second-order valence-electron chi connectivity index (χ2n) is 4.59. The summed E-state index contributed by atoms with van der Waals surface area (Å²) in [6.45, 7) is 2.06. The van der Waals surface area contributed by atoms with Gasteiger partial charge in [-0.15, -0.1) is 11.3 Å². The first-order chi connectivity index (χ1) is 9.06. The van der Waals surface area contributed by atoms with Crippen molar-refractivity contribution in [1.29, 1.82) is 0 Å². The second-order valence-corrected chi connectivity index (χ2v) is 5.34. The summed E-state index contributed by atoms with van der Waals surface area (Å²) in [4.78, 5) is 30.1. The Bertz CT molecular complexity index is 526. The lowest BCUT2D eigenvalue weighted by atomic mass is 10.0. The van der Waals surface area contributed by atoms with Gasteiger partial charge in [0.15, 0.2) is 5.75 Å². The van der Waals surface area contributed by atoms with Crippen molar-refractivity contribution >= 4 is 23.2 Å². The average Bonchev–Trinajstić information content (AvgIpc) is 2.96. The van der Waals surface area contributed by atoms with Crippen LogP contribution in [0.1, 0.15) is 25.3 Å². The van der Waals surface area contributed by atoms with Crippen LogP contribution >= 0.6 is 11.3 Å². The van der Waals surface area contributed by atoms with Crippen molar-refractivity contribution in [2.75, 3.05) is 6.54 Å². The van der Waals surface area contributed by atoms with Crippen LogP contribution in [0, 0.1) is 0 Å². The largest absolute Gasteiger partial charge is 0.401 e. The number of hydroxylamine groups is 2. The van der Waals surface area contributed by atoms with Gasteiger partial charge in [-0.1, -0.05) is 5.06 Å². The summed E-state index contributed by atoms with van der Waals surface area (Å²) in [6.07, 6.45) is -0.141. The molecule has 2 aliphatic heterocycles. The van der Waals surface area contributed by atoms with Crippen molar-refractivity contribution in [1.82, 2.24) is 9.96 Å². The third kappa shape index (κ3) is 1.76. The topological polar surface area (TPSA) is 49.9 Å². The minimum absolute atomic E-state index is 0.0167. The highest BCUT2D eigenvalue weighted by Gasteiger charge is 2.54. The smallest absolute Gasteiger partial charge is 0.285 e. The number of nitrogens with zero attached hydrogens (tertiary/aromatic N) is 2. The van der Waals surface area contributed by atoms with Crippen LogP contribution in [-0.2, 0) is 16.1 Å². The van der Waals surface area contributed by atoms with Gasteiger partial charge >= 0.3 is 0 Å². The molecule has 0 N–H and O–H groups in total. The number of carbonyl (C=O) groups is 2. The molecular formula is C12H13FN2O3S. The molecule has 0 bridgehead atoms. The Morgan fingerprint density at radius 1 is 1.47 bits per heavy atom. The Morgan fingerprint density at radius 3 is 2.95 bits per heavy atom. The fourth-order valence-electron chi connectivity index (χ4n) is 2.40. The van der Waals surface area contributed by atoms with Gasteiger partial charge in [-0.25, -0.2) is 4.39 Å². The number of thiophene rings is 1. The van der Waals surface area contributed by atoms with Gasteiger partial charge in [-0.05, 0) is 12.3 Å². The molecule has 19 heavy (non-hydrogen) atoms. The molecular weight excluding hydrogens is 271 g/mol. The Hall–Kier alpha value is -1.47. The van der Waals surface area contributed by atoms with E-state index in [1.807, 2.05) is 5.38 Å². The Morgan fingerprint density at radius 2 is 2.26 bits per heavy atom. The van der Waals surface area contributed by atoms with E-state index < -0.39 is 11.7 Å². The number of amides is 2. The van der Waals surface area contributed by atoms with Gasteiger partial charge in [0, 0.05) is 30.3 Å². The van der Waals surface area contributed by atoms with E-state index >= 15 is 0 Å². The fraction of sp³-hybridized carbons (Fsp3) is 0.500. The molecule has 102 valence electrons. The monoisotopic (exact) mass is 284 g/mol. The van der Waals surface area contributed by atoms with E-state index in [-0.39, 0.29) is 31.8 Å². The molecule has 3 heterocycles. The summed E-state index contributed by atoms with van der Waals surface area (Å²) in [5.41, 5.74) is 0.870. The van der Waals surface area contributed by atoms with Crippen LogP contribution in [0.15, 0.2) is 10.8 Å². The van der Waals surface area contributed by atoms with Crippen LogP contribution in [0.3, 0.4) is 0 Å². The number of carbonyl (C=O) groups excluding carboxylic acids is 2. The Balaban J connectivity index is 1.85. The highest BCUT2D eigenvalue weighted by molar-refractivity contribution is 7.08. The number of likely N-dealkylation sites (N-methyl/N-ethyl adjacent to an activating group) is 1. The van der Waals surface area contributed by atoms with Crippen LogP contribution in [0.5, 0.6) is 5.75 Å². The first kappa shape index (κ1) is 12.6. The lowest BCUT2D eigenvalue weighted by Gasteiger charge is -2.38. The number of likely N-dealkylation sites (tertiary alicyclic amines) is 1. The van der Waals surface area contributed by atoms with Crippen molar-refractivity contribution < 1.29 is 18.8 Å². The lowest BCUT2D eigenvalue weighted by molar-refractivity contribution is -0.218. The Labute approximate surface area is 113 Å². The van der Waals surface area contributed by atoms with Gasteiger partial charge in [0.05, 0.1) is 6.54 Å². The maximum atomic E-state index is 15.0. The summed E-state index contributed by atoms with van der Waals surface area (Å²) in [7, 11) is 0. The van der Waals surface area contributed by atoms with Crippen molar-refractivity contribution in [3.05, 3.63) is 16.3 Å². The molecule has 1 aromatic rings. The fourth-order valence-corrected chi connectivity index (χ4v) is 3.14. The van der Waals surface area contributed by atoms with Crippen molar-refractivity contribution in [3.63, 3.8) is 0 Å². The number of alkyl halides is 1. The van der Waals surface area contributed by atoms with Crippen LogP contribution in [0.2, 0.25) is 0 Å². The molecule has 7 heteroatoms. The molecule has 5 nitrogen and oxygen atoms in total. The van der Waals surface area contributed by atoms with Crippen LogP contribution in [-0.4, -0.2) is 34.1 Å². The van der Waals surface area contributed by atoms with E-state index in [4.69, 9.17) is 4.84 Å². The minimum atomic E-state index is -2.25. The zero-order valence-corrected chi connectivity index (χ0v) is 11.2. The summed E-state index contributed by atoms with van der Waals surface area (Å²) in [6, 6.07) is 0. The summed E-state index contributed by atoms with van der Waals surface area (Å²) < 4.78 is 15.0. The lowest BCUT2D eigenvalue weighted by Crippen LogP contribution is -2.61. The maximum absolute atomic E-state index is 15.0. The predicted molar refractivity (Wildman–Crippen MR) is 66.0 cm³/mol. The number of rotatable bonds is 2. The van der Waals surface area contributed by atoms with E-state index in [9.17, 15) is 14.0 Å². The molecule has 0 radical (unpaired) electrons. The third-order valence-corrected chi connectivity index (χ3v) is 4.25. The van der Waals surface area contributed by atoms with Gasteiger partial charge in [0.1, 0.15) is 0 Å². The quantitative estimate of drug-likeness (QED) is 0.612. The highest BCUT2D eigenvalue weighted by atomic mass is 32.1. The van der Waals surface area contributed by atoms with Crippen LogP contribution in [0.25, 0.3) is 0 Å². The van der Waals surface area contributed by atoms with Gasteiger partial charge in [-0.3, -0.25) is 14.5 Å². The number of hydrogen-bond donors (Lipinski definition) is 0. The average molecular weight is 284 g/mol. The highest BCUT2D eigenvalue weighted by Crippen LogP contribution is 2.40. The first-order valence-electron chi connectivity index (χ1n) is 6.10. The van der Waals surface area contributed by atoms with Crippen molar-refractivity contribution in [2.45, 2.75) is 32.1 Å². The van der Waals surface area contributed by atoms with E-state index in [0.717, 1.165) is 15.5 Å². The summed E-state index contributed by atoms with van der Waals surface area (Å²) in [5.74, 6) is -2.80. The SMILES string of the molecule is CCN1C(=O)CC[C@](F)(N2Cc3cscc3O2)C1=O. The molecule has 0 spiro atoms. The molecule has 1 saturated heterocycles. The van der Waals surface area contributed by atoms with E-state index in [1.54, 1.807) is 12.3 Å². The molecule has 0 aliphatic carbocycles. The molecule has 0 aromatic carbocycles. The molecule has 2 amide bonds. The van der Waals surface area contributed by atoms with E-state index in [0.29, 0.717) is 5.75 Å². The molecule has 1 aromatic heterocycles. The number of imide groups is 1. The van der Waals surface area contributed by atoms with E-state index in [1.165, 1.54) is 11.3 Å². The molecule has 3 rings (SSSR count). The maximum Gasteiger partial charge on any atom is 0.285 e. The minimum Gasteiger partial charge on any atom is -0.401 e. The summed E-state index contributed by atoms with van der Waals surface area (Å²) >= 11 is 1.47. The van der Waals surface area contributed by atoms with Crippen molar-refractivity contribution in [2.24, 2.45) is 0 Å². The van der Waals surface area contributed by atoms with Crippen molar-refractivity contribution in [3.8, 4) is 5.75 Å². The Kier molecular flexibility index (Phi) is 2.83.